The molecular weight excluding hydrogens is 426 g/mol. The Labute approximate surface area is 200 Å². The Kier molecular flexibility index (Phi) is 6.77. The zero-order valence-electron chi connectivity index (χ0n) is 19.5. The van der Waals surface area contributed by atoms with Gasteiger partial charge in [0.05, 0.1) is 17.5 Å². The number of hydrogen-bond acceptors (Lipinski definition) is 5. The number of amides is 1. The van der Waals surface area contributed by atoms with Gasteiger partial charge in [-0.2, -0.15) is 0 Å². The number of nitrogens with zero attached hydrogens (tertiary/aromatic N) is 2. The maximum absolute atomic E-state index is 12.7. The van der Waals surface area contributed by atoms with Crippen LogP contribution in [0.4, 0.5) is 0 Å². The van der Waals surface area contributed by atoms with Crippen LogP contribution in [0, 0.1) is 0 Å². The summed E-state index contributed by atoms with van der Waals surface area (Å²) in [6, 6.07) is 25.0. The summed E-state index contributed by atoms with van der Waals surface area (Å²) < 4.78 is 5.42. The number of carbonyl (C=O) groups excluding carboxylic acids is 2. The molecule has 0 radical (unpaired) electrons. The lowest BCUT2D eigenvalue weighted by molar-refractivity contribution is -0.129. The summed E-state index contributed by atoms with van der Waals surface area (Å²) in [7, 11) is 0. The molecule has 0 fully saturated rings. The lowest BCUT2D eigenvalue weighted by atomic mass is 9.82. The highest BCUT2D eigenvalue weighted by Gasteiger charge is 2.39. The first-order chi connectivity index (χ1) is 16.5. The summed E-state index contributed by atoms with van der Waals surface area (Å²) >= 11 is 0. The molecule has 6 heteroatoms. The van der Waals surface area contributed by atoms with Crippen LogP contribution in [-0.2, 0) is 21.7 Å². The summed E-state index contributed by atoms with van der Waals surface area (Å²) in [6.07, 6.45) is 0.945. The molecule has 1 unspecified atom stereocenters. The standard InChI is InChI=1S/C28H29N3O3/c1-3-28(18-25(32)31(4-2)27(29)30-28)24-12-8-11-23(17-24)21-13-15-22(16-14-21)26(33)34-19-20-9-6-5-7-10-20/h5-17H,3-4,18-19H2,1-2H3,(H2,29,30). The van der Waals surface area contributed by atoms with Gasteiger partial charge < -0.3 is 10.5 Å². The van der Waals surface area contributed by atoms with Crippen LogP contribution in [-0.4, -0.2) is 29.3 Å². The molecule has 1 aliphatic heterocycles. The topological polar surface area (TPSA) is 85.0 Å². The third-order valence-electron chi connectivity index (χ3n) is 6.32. The number of benzene rings is 3. The minimum Gasteiger partial charge on any atom is -0.457 e. The van der Waals surface area contributed by atoms with Crippen LogP contribution < -0.4 is 5.73 Å². The Morgan fingerprint density at radius 2 is 1.74 bits per heavy atom. The van der Waals surface area contributed by atoms with Gasteiger partial charge >= 0.3 is 5.97 Å². The first kappa shape index (κ1) is 23.2. The van der Waals surface area contributed by atoms with Crippen LogP contribution in [0.1, 0.15) is 48.2 Å². The van der Waals surface area contributed by atoms with Crippen molar-refractivity contribution in [2.45, 2.75) is 38.8 Å². The van der Waals surface area contributed by atoms with Gasteiger partial charge in [0.25, 0.3) is 0 Å². The number of nitrogens with two attached hydrogens (primary N) is 1. The van der Waals surface area contributed by atoms with Gasteiger partial charge in [0, 0.05) is 6.54 Å². The normalized spacial score (nSPS) is 17.9. The van der Waals surface area contributed by atoms with Crippen LogP contribution in [0.15, 0.2) is 83.9 Å². The van der Waals surface area contributed by atoms with Crippen LogP contribution in [0.3, 0.4) is 0 Å². The molecule has 0 saturated carbocycles. The molecule has 1 amide bonds. The van der Waals surface area contributed by atoms with Crippen molar-refractivity contribution < 1.29 is 14.3 Å². The number of carbonyl (C=O) groups is 2. The van der Waals surface area contributed by atoms with E-state index in [0.29, 0.717) is 18.5 Å². The number of hydrogen-bond donors (Lipinski definition) is 1. The van der Waals surface area contributed by atoms with Crippen LogP contribution in [0.2, 0.25) is 0 Å². The van der Waals surface area contributed by atoms with Crippen molar-refractivity contribution in [1.29, 1.82) is 0 Å². The van der Waals surface area contributed by atoms with Gasteiger partial charge in [-0.25, -0.2) is 9.79 Å². The highest BCUT2D eigenvalue weighted by atomic mass is 16.5. The molecular formula is C28H29N3O3. The Morgan fingerprint density at radius 1 is 1.00 bits per heavy atom. The third kappa shape index (κ3) is 4.71. The van der Waals surface area contributed by atoms with Gasteiger partial charge in [-0.05, 0) is 53.8 Å². The van der Waals surface area contributed by atoms with Crippen molar-refractivity contribution in [2.75, 3.05) is 6.54 Å². The van der Waals surface area contributed by atoms with E-state index in [9.17, 15) is 9.59 Å². The Morgan fingerprint density at radius 3 is 2.38 bits per heavy atom. The number of ether oxygens (including phenoxy) is 1. The lowest BCUT2D eigenvalue weighted by Crippen LogP contribution is -2.50. The van der Waals surface area contributed by atoms with E-state index in [2.05, 4.69) is 6.07 Å². The first-order valence-corrected chi connectivity index (χ1v) is 11.5. The van der Waals surface area contributed by atoms with Gasteiger partial charge in [0.2, 0.25) is 5.91 Å². The monoisotopic (exact) mass is 455 g/mol. The summed E-state index contributed by atoms with van der Waals surface area (Å²) in [5, 5.41) is 0. The molecule has 0 saturated heterocycles. The number of aliphatic imine (C=N–C) groups is 1. The molecule has 0 aliphatic carbocycles. The number of esters is 1. The molecule has 34 heavy (non-hydrogen) atoms. The second-order valence-corrected chi connectivity index (χ2v) is 8.39. The summed E-state index contributed by atoms with van der Waals surface area (Å²) in [5.41, 5.74) is 9.79. The van der Waals surface area contributed by atoms with Crippen molar-refractivity contribution >= 4 is 17.8 Å². The van der Waals surface area contributed by atoms with E-state index in [1.165, 1.54) is 4.90 Å². The van der Waals surface area contributed by atoms with E-state index in [4.69, 9.17) is 15.5 Å². The van der Waals surface area contributed by atoms with E-state index in [1.54, 1.807) is 12.1 Å². The van der Waals surface area contributed by atoms with Crippen LogP contribution >= 0.6 is 0 Å². The fourth-order valence-corrected chi connectivity index (χ4v) is 4.30. The van der Waals surface area contributed by atoms with Crippen molar-refractivity contribution in [3.63, 3.8) is 0 Å². The zero-order chi connectivity index (χ0) is 24.1. The predicted octanol–water partition coefficient (Wildman–Crippen LogP) is 4.88. The minimum absolute atomic E-state index is 0.0133. The van der Waals surface area contributed by atoms with E-state index in [-0.39, 0.29) is 30.9 Å². The third-order valence-corrected chi connectivity index (χ3v) is 6.32. The average molecular weight is 456 g/mol. The SMILES string of the molecule is CCN1C(=O)CC(CC)(c2cccc(-c3ccc(C(=O)OCc4ccccc4)cc3)c2)N=C1N. The van der Waals surface area contributed by atoms with Gasteiger partial charge in [0.15, 0.2) is 5.96 Å². The van der Waals surface area contributed by atoms with Crippen LogP contribution in [0.5, 0.6) is 0 Å². The van der Waals surface area contributed by atoms with E-state index >= 15 is 0 Å². The fraction of sp³-hybridized carbons (Fsp3) is 0.250. The maximum atomic E-state index is 12.7. The van der Waals surface area contributed by atoms with Gasteiger partial charge in [-0.15, -0.1) is 0 Å². The second-order valence-electron chi connectivity index (χ2n) is 8.39. The summed E-state index contributed by atoms with van der Waals surface area (Å²) in [6.45, 7) is 4.66. The van der Waals surface area contributed by atoms with E-state index in [0.717, 1.165) is 22.3 Å². The molecule has 1 atom stereocenters. The smallest absolute Gasteiger partial charge is 0.338 e. The Hall–Kier alpha value is -3.93. The molecule has 4 rings (SSSR count). The highest BCUT2D eigenvalue weighted by Crippen LogP contribution is 2.38. The fourth-order valence-electron chi connectivity index (χ4n) is 4.30. The molecule has 0 bridgehead atoms. The van der Waals surface area contributed by atoms with Crippen molar-refractivity contribution in [3.05, 3.63) is 95.6 Å². The Bertz CT molecular complexity index is 1210. The largest absolute Gasteiger partial charge is 0.457 e. The zero-order valence-corrected chi connectivity index (χ0v) is 19.5. The van der Waals surface area contributed by atoms with Crippen molar-refractivity contribution in [3.8, 4) is 11.1 Å². The van der Waals surface area contributed by atoms with E-state index < -0.39 is 5.54 Å². The van der Waals surface area contributed by atoms with E-state index in [1.807, 2.05) is 74.5 Å². The number of rotatable bonds is 7. The van der Waals surface area contributed by atoms with Gasteiger partial charge in [0.1, 0.15) is 6.61 Å². The average Bonchev–Trinajstić information content (AvgIpc) is 2.88. The maximum Gasteiger partial charge on any atom is 0.338 e. The highest BCUT2D eigenvalue weighted by molar-refractivity contribution is 5.99. The summed E-state index contributed by atoms with van der Waals surface area (Å²) in [5.74, 6) is -0.106. The molecule has 3 aromatic carbocycles. The molecule has 2 N–H and O–H groups in total. The Balaban J connectivity index is 1.54. The predicted molar refractivity (Wildman–Crippen MR) is 133 cm³/mol. The summed E-state index contributed by atoms with van der Waals surface area (Å²) in [4.78, 5) is 31.4. The van der Waals surface area contributed by atoms with Crippen molar-refractivity contribution in [2.24, 2.45) is 10.7 Å². The van der Waals surface area contributed by atoms with Crippen LogP contribution in [0.25, 0.3) is 11.1 Å². The second kappa shape index (κ2) is 9.91. The molecule has 3 aromatic rings. The molecule has 1 aliphatic rings. The molecule has 174 valence electrons. The quantitative estimate of drug-likeness (QED) is 0.515. The van der Waals surface area contributed by atoms with Gasteiger partial charge in [-0.1, -0.05) is 67.6 Å². The van der Waals surface area contributed by atoms with Gasteiger partial charge in [-0.3, -0.25) is 9.69 Å². The molecule has 0 aromatic heterocycles. The molecule has 1 heterocycles. The molecule has 0 spiro atoms. The van der Waals surface area contributed by atoms with Crippen molar-refractivity contribution in [1.82, 2.24) is 4.90 Å². The number of guanidine groups is 1. The lowest BCUT2D eigenvalue weighted by Gasteiger charge is -2.37. The molecule has 6 nitrogen and oxygen atoms in total. The first-order valence-electron chi connectivity index (χ1n) is 11.5. The minimum atomic E-state index is -0.677.